The van der Waals surface area contributed by atoms with Crippen LogP contribution in [0.1, 0.15) is 110 Å². The highest BCUT2D eigenvalue weighted by Gasteiger charge is 2.63. The monoisotopic (exact) mass is 902 g/mol. The molecule has 2 unspecified atom stereocenters. The second kappa shape index (κ2) is 23.6. The first-order valence-electron chi connectivity index (χ1n) is 23.5. The van der Waals surface area contributed by atoms with Crippen LogP contribution in [-0.4, -0.2) is 171 Å². The largest absolute Gasteiger partial charge is 0.492 e. The molecular weight excluding hydrogens is 827 g/mol. The Labute approximate surface area is 379 Å². The molecule has 17 heteroatoms. The number of likely N-dealkylation sites (tertiary alicyclic amines) is 1. The second-order valence-electron chi connectivity index (χ2n) is 19.6. The molecule has 1 aliphatic heterocycles. The first-order valence-corrected chi connectivity index (χ1v) is 23.5. The molecule has 360 valence electrons. The molecule has 1 aromatic carbocycles. The van der Waals surface area contributed by atoms with Gasteiger partial charge in [0, 0.05) is 25.2 Å². The summed E-state index contributed by atoms with van der Waals surface area (Å²) in [5, 5.41) is 62.0. The number of hydrogen-bond donors (Lipinski definition) is 6. The van der Waals surface area contributed by atoms with Crippen LogP contribution in [0.25, 0.3) is 0 Å². The fraction of sp³-hybridized carbons (Fsp3) is 0.787. The van der Waals surface area contributed by atoms with E-state index in [4.69, 9.17) is 24.1 Å². The van der Waals surface area contributed by atoms with Gasteiger partial charge in [-0.1, -0.05) is 38.3 Å². The van der Waals surface area contributed by atoms with E-state index in [9.17, 15) is 40.1 Å². The standard InChI is InChI=1S/C47H75N5O12/c1-5-6-7-8-17-50(29-38(54)41(57)42(58)39(55)30-53)19-15-33-11-13-37(14-12-33)61-20-16-49-43(59)62-21-22-64-47-26-34-23-35(27-47)25-46(24-34,32-47)52(45(2,3)4)44(60)63-31-40(56)51-18-9-10-36(51)28-48/h11-14,34-36,38-39,41-42,53-55,57-58H,5-10,15-27,29-32H2,1-4H3,(H,49,59)/t34?,35?,36-,38-,39+,41+,42+,46?,47?/m0/s1. The molecule has 17 nitrogen and oxygen atoms in total. The number of carbonyl (C=O) groups excluding carboxylic acids is 3. The molecule has 4 bridgehead atoms. The number of nitrogens with one attached hydrogen (secondary N) is 1. The fourth-order valence-corrected chi connectivity index (χ4v) is 11.0. The van der Waals surface area contributed by atoms with Gasteiger partial charge in [0.15, 0.2) is 6.61 Å². The van der Waals surface area contributed by atoms with Gasteiger partial charge in [-0.15, -0.1) is 0 Å². The zero-order valence-electron chi connectivity index (χ0n) is 38.5. The van der Waals surface area contributed by atoms with Crippen LogP contribution >= 0.6 is 0 Å². The molecule has 1 saturated heterocycles. The number of aliphatic hydroxyl groups excluding tert-OH is 5. The fourth-order valence-electron chi connectivity index (χ4n) is 11.0. The number of aliphatic hydroxyl groups is 5. The molecule has 6 rings (SSSR count). The van der Waals surface area contributed by atoms with Gasteiger partial charge in [0.2, 0.25) is 0 Å². The molecule has 1 heterocycles. The lowest BCUT2D eigenvalue weighted by Crippen LogP contribution is -2.70. The van der Waals surface area contributed by atoms with E-state index in [0.717, 1.165) is 69.8 Å². The number of amides is 3. The first kappa shape index (κ1) is 51.2. The van der Waals surface area contributed by atoms with E-state index in [0.29, 0.717) is 56.5 Å². The summed E-state index contributed by atoms with van der Waals surface area (Å²) in [7, 11) is 0. The minimum atomic E-state index is -1.66. The Morgan fingerprint density at radius 3 is 2.30 bits per heavy atom. The van der Waals surface area contributed by atoms with Crippen LogP contribution in [0.3, 0.4) is 0 Å². The zero-order valence-corrected chi connectivity index (χ0v) is 38.5. The minimum absolute atomic E-state index is 0.0655. The quantitative estimate of drug-likeness (QED) is 0.0772. The van der Waals surface area contributed by atoms with E-state index in [2.05, 4.69) is 18.3 Å². The maximum Gasteiger partial charge on any atom is 0.411 e. The summed E-state index contributed by atoms with van der Waals surface area (Å²) in [6, 6.07) is 9.28. The molecule has 7 atom stereocenters. The predicted octanol–water partition coefficient (Wildman–Crippen LogP) is 3.51. The zero-order chi connectivity index (χ0) is 46.5. The Bertz CT molecular complexity index is 1670. The highest BCUT2D eigenvalue weighted by atomic mass is 16.6. The summed E-state index contributed by atoms with van der Waals surface area (Å²) in [6.45, 7) is 9.59. The Morgan fingerprint density at radius 2 is 1.64 bits per heavy atom. The number of carbonyl (C=O) groups is 3. The lowest BCUT2D eigenvalue weighted by molar-refractivity contribution is -0.207. The van der Waals surface area contributed by atoms with Crippen LogP contribution in [0, 0.1) is 23.2 Å². The normalized spacial score (nSPS) is 25.6. The Balaban J connectivity index is 1.02. The molecule has 64 heavy (non-hydrogen) atoms. The third-order valence-corrected chi connectivity index (χ3v) is 13.4. The molecule has 4 saturated carbocycles. The minimum Gasteiger partial charge on any atom is -0.492 e. The number of hydrogen-bond acceptors (Lipinski definition) is 14. The van der Waals surface area contributed by atoms with Gasteiger partial charge >= 0.3 is 12.2 Å². The van der Waals surface area contributed by atoms with Crippen LogP contribution in [0.4, 0.5) is 9.59 Å². The lowest BCUT2D eigenvalue weighted by atomic mass is 9.50. The average Bonchev–Trinajstić information content (AvgIpc) is 3.74. The first-order chi connectivity index (χ1) is 30.5. The third kappa shape index (κ3) is 13.9. The van der Waals surface area contributed by atoms with Gasteiger partial charge in [0.25, 0.3) is 5.91 Å². The number of rotatable bonds is 25. The highest BCUT2D eigenvalue weighted by Crippen LogP contribution is 2.61. The Kier molecular flexibility index (Phi) is 18.9. The van der Waals surface area contributed by atoms with Crippen molar-refractivity contribution in [2.24, 2.45) is 11.8 Å². The van der Waals surface area contributed by atoms with Gasteiger partial charge in [-0.3, -0.25) is 9.69 Å². The van der Waals surface area contributed by atoms with E-state index in [1.165, 1.54) is 4.90 Å². The van der Waals surface area contributed by atoms with Crippen molar-refractivity contribution in [2.75, 3.05) is 65.8 Å². The van der Waals surface area contributed by atoms with E-state index in [1.807, 2.05) is 54.8 Å². The van der Waals surface area contributed by atoms with Gasteiger partial charge in [-0.2, -0.15) is 5.26 Å². The van der Waals surface area contributed by atoms with Crippen molar-refractivity contribution in [1.29, 1.82) is 5.26 Å². The van der Waals surface area contributed by atoms with Crippen molar-refractivity contribution in [3.8, 4) is 11.8 Å². The molecule has 3 amide bonds. The van der Waals surface area contributed by atoms with Crippen molar-refractivity contribution >= 4 is 18.1 Å². The average molecular weight is 902 g/mol. The van der Waals surface area contributed by atoms with Crippen LogP contribution in [0.2, 0.25) is 0 Å². The topological polar surface area (TPSA) is 235 Å². The van der Waals surface area contributed by atoms with Gasteiger partial charge in [0.1, 0.15) is 43.3 Å². The van der Waals surface area contributed by atoms with Crippen LogP contribution in [0.15, 0.2) is 24.3 Å². The summed E-state index contributed by atoms with van der Waals surface area (Å²) < 4.78 is 23.6. The van der Waals surface area contributed by atoms with Gasteiger partial charge in [-0.25, -0.2) is 9.59 Å². The van der Waals surface area contributed by atoms with E-state index < -0.39 is 72.5 Å². The van der Waals surface area contributed by atoms with Crippen LogP contribution < -0.4 is 10.1 Å². The third-order valence-electron chi connectivity index (χ3n) is 13.4. The molecular formula is C47H75N5O12. The molecule has 1 aromatic rings. The van der Waals surface area contributed by atoms with Crippen LogP contribution in [-0.2, 0) is 25.4 Å². The summed E-state index contributed by atoms with van der Waals surface area (Å²) in [4.78, 5) is 44.8. The molecule has 5 aliphatic rings. The SMILES string of the molecule is CCCCCCN(CCc1ccc(OCCNC(=O)OCCOC23CC4CC(C2)CC(N(C(=O)OCC(=O)N2CCC[C@H]2C#N)C(C)(C)C)(C4)C3)cc1)C[C@H](O)[C@@H](O)[C@H](O)[C@H](O)CO. The molecule has 0 aromatic heterocycles. The van der Waals surface area contributed by atoms with Crippen molar-refractivity contribution in [3.63, 3.8) is 0 Å². The molecule has 0 radical (unpaired) electrons. The number of nitrogens with zero attached hydrogens (tertiary/aromatic N) is 4. The number of alkyl carbamates (subject to hydrolysis) is 1. The summed E-state index contributed by atoms with van der Waals surface area (Å²) in [5.74, 6) is 1.04. The Morgan fingerprint density at radius 1 is 0.938 bits per heavy atom. The van der Waals surface area contributed by atoms with E-state index in [1.54, 1.807) is 0 Å². The molecule has 0 spiro atoms. The number of unbranched alkanes of at least 4 members (excludes halogenated alkanes) is 3. The highest BCUT2D eigenvalue weighted by molar-refractivity contribution is 5.81. The summed E-state index contributed by atoms with van der Waals surface area (Å²) >= 11 is 0. The smallest absolute Gasteiger partial charge is 0.411 e. The maximum absolute atomic E-state index is 13.9. The van der Waals surface area contributed by atoms with E-state index >= 15 is 0 Å². The second-order valence-corrected chi connectivity index (χ2v) is 19.6. The number of ether oxygens (including phenoxy) is 4. The Hall–Kier alpha value is -3.76. The maximum atomic E-state index is 13.9. The molecule has 6 N–H and O–H groups in total. The predicted molar refractivity (Wildman–Crippen MR) is 236 cm³/mol. The van der Waals surface area contributed by atoms with E-state index in [-0.39, 0.29) is 38.8 Å². The van der Waals surface area contributed by atoms with Crippen molar-refractivity contribution < 1.29 is 58.9 Å². The lowest BCUT2D eigenvalue weighted by Gasteiger charge is -2.65. The van der Waals surface area contributed by atoms with Crippen molar-refractivity contribution in [1.82, 2.24) is 20.0 Å². The van der Waals surface area contributed by atoms with Gasteiger partial charge in [-0.05, 0) is 121 Å². The summed E-state index contributed by atoms with van der Waals surface area (Å²) in [6.07, 6.45) is 4.11. The van der Waals surface area contributed by atoms with Crippen LogP contribution in [0.5, 0.6) is 5.75 Å². The molecule has 4 aliphatic carbocycles. The van der Waals surface area contributed by atoms with Crippen molar-refractivity contribution in [2.45, 2.75) is 158 Å². The number of nitriles is 1. The number of benzene rings is 1. The summed E-state index contributed by atoms with van der Waals surface area (Å²) in [5.41, 5.74) is -0.496. The van der Waals surface area contributed by atoms with Gasteiger partial charge < -0.3 is 59.6 Å². The van der Waals surface area contributed by atoms with Crippen molar-refractivity contribution in [3.05, 3.63) is 29.8 Å². The molecule has 5 fully saturated rings. The van der Waals surface area contributed by atoms with Gasteiger partial charge in [0.05, 0.1) is 43.1 Å².